The van der Waals surface area contributed by atoms with E-state index in [1.807, 2.05) is 24.4 Å². The summed E-state index contributed by atoms with van der Waals surface area (Å²) in [5.74, 6) is 1.68. The van der Waals surface area contributed by atoms with Crippen LogP contribution in [0.15, 0.2) is 60.8 Å². The topological polar surface area (TPSA) is 45.2 Å². The van der Waals surface area contributed by atoms with Crippen molar-refractivity contribution < 1.29 is 5.11 Å². The van der Waals surface area contributed by atoms with Gasteiger partial charge in [-0.1, -0.05) is 36.4 Å². The fourth-order valence-electron chi connectivity index (χ4n) is 2.87. The molecule has 2 unspecified atom stereocenters. The molecule has 1 fully saturated rings. The second-order valence-corrected chi connectivity index (χ2v) is 5.57. The van der Waals surface area contributed by atoms with Crippen LogP contribution in [0.5, 0.6) is 5.75 Å². The minimum Gasteiger partial charge on any atom is -0.508 e. The molecule has 2 aromatic carbocycles. The molecular weight excluding hydrogens is 260 g/mol. The van der Waals surface area contributed by atoms with Gasteiger partial charge in [0, 0.05) is 23.5 Å². The van der Waals surface area contributed by atoms with Crippen molar-refractivity contribution >= 4 is 16.6 Å². The predicted molar refractivity (Wildman–Crippen MR) is 84.6 cm³/mol. The minimum absolute atomic E-state index is 0.272. The molecule has 0 radical (unpaired) electrons. The number of aromatic hydroxyl groups is 1. The van der Waals surface area contributed by atoms with Crippen molar-refractivity contribution in [3.05, 3.63) is 66.4 Å². The maximum atomic E-state index is 9.68. The van der Waals surface area contributed by atoms with Crippen molar-refractivity contribution in [2.24, 2.45) is 0 Å². The fraction of sp³-hybridized carbons (Fsp3) is 0.167. The normalized spacial score (nSPS) is 20.4. The van der Waals surface area contributed by atoms with Gasteiger partial charge in [0.1, 0.15) is 11.6 Å². The Balaban J connectivity index is 1.60. The lowest BCUT2D eigenvalue weighted by Gasteiger charge is -2.09. The summed E-state index contributed by atoms with van der Waals surface area (Å²) in [6.45, 7) is 0. The Morgan fingerprint density at radius 1 is 1.05 bits per heavy atom. The van der Waals surface area contributed by atoms with Crippen LogP contribution in [0.4, 0.5) is 5.82 Å². The second kappa shape index (κ2) is 4.77. The summed E-state index contributed by atoms with van der Waals surface area (Å²) in [6.07, 6.45) is 2.93. The van der Waals surface area contributed by atoms with E-state index in [0.29, 0.717) is 12.0 Å². The van der Waals surface area contributed by atoms with Crippen LogP contribution in [0.25, 0.3) is 10.8 Å². The van der Waals surface area contributed by atoms with E-state index >= 15 is 0 Å². The Kier molecular flexibility index (Phi) is 2.78. The van der Waals surface area contributed by atoms with Crippen LogP contribution in [0, 0.1) is 0 Å². The molecule has 21 heavy (non-hydrogen) atoms. The van der Waals surface area contributed by atoms with Crippen molar-refractivity contribution in [3.63, 3.8) is 0 Å². The second-order valence-electron chi connectivity index (χ2n) is 5.57. The highest BCUT2D eigenvalue weighted by atomic mass is 16.3. The van der Waals surface area contributed by atoms with Crippen LogP contribution in [-0.4, -0.2) is 16.1 Å². The molecule has 3 nitrogen and oxygen atoms in total. The van der Waals surface area contributed by atoms with Gasteiger partial charge < -0.3 is 10.4 Å². The third kappa shape index (κ3) is 2.31. The van der Waals surface area contributed by atoms with Gasteiger partial charge >= 0.3 is 0 Å². The number of hydrogen-bond donors (Lipinski definition) is 2. The molecule has 2 atom stereocenters. The smallest absolute Gasteiger partial charge is 0.134 e. The maximum absolute atomic E-state index is 9.68. The van der Waals surface area contributed by atoms with Gasteiger partial charge in [-0.05, 0) is 35.6 Å². The number of nitrogens with one attached hydrogen (secondary N) is 1. The van der Waals surface area contributed by atoms with E-state index < -0.39 is 0 Å². The van der Waals surface area contributed by atoms with Crippen molar-refractivity contribution in [1.82, 2.24) is 4.98 Å². The molecule has 0 aliphatic heterocycles. The number of benzene rings is 2. The Morgan fingerprint density at radius 2 is 1.90 bits per heavy atom. The minimum atomic E-state index is 0.272. The lowest BCUT2D eigenvalue weighted by molar-refractivity contribution is 0.476. The van der Waals surface area contributed by atoms with E-state index in [1.54, 1.807) is 12.1 Å². The summed E-state index contributed by atoms with van der Waals surface area (Å²) < 4.78 is 0. The highest BCUT2D eigenvalue weighted by Gasteiger charge is 2.38. The molecule has 2 N–H and O–H groups in total. The zero-order chi connectivity index (χ0) is 14.2. The number of pyridine rings is 1. The standard InChI is InChI=1S/C18H16N2O/c21-14-7-6-13-8-9-19-18(16(13)10-14)20-17-11-15(17)12-4-2-1-3-5-12/h1-10,15,17,21H,11H2,(H,19,20). The zero-order valence-electron chi connectivity index (χ0n) is 11.5. The number of hydrogen-bond acceptors (Lipinski definition) is 3. The summed E-state index contributed by atoms with van der Waals surface area (Å²) >= 11 is 0. The molecule has 1 saturated carbocycles. The molecule has 4 rings (SSSR count). The number of rotatable bonds is 3. The largest absolute Gasteiger partial charge is 0.508 e. The average Bonchev–Trinajstić information content (AvgIpc) is 3.28. The SMILES string of the molecule is Oc1ccc2ccnc(NC3CC3c3ccccc3)c2c1. The number of anilines is 1. The van der Waals surface area contributed by atoms with E-state index in [-0.39, 0.29) is 5.75 Å². The van der Waals surface area contributed by atoms with Gasteiger partial charge in [-0.3, -0.25) is 0 Å². The molecule has 0 bridgehead atoms. The molecular formula is C18H16N2O. The number of phenolic OH excluding ortho intramolecular Hbond substituents is 1. The first kappa shape index (κ1) is 12.2. The summed E-state index contributed by atoms with van der Waals surface area (Å²) in [5, 5.41) is 15.2. The van der Waals surface area contributed by atoms with E-state index in [0.717, 1.165) is 23.0 Å². The molecule has 1 aliphatic rings. The van der Waals surface area contributed by atoms with Gasteiger partial charge in [0.15, 0.2) is 0 Å². The number of fused-ring (bicyclic) bond motifs is 1. The Morgan fingerprint density at radius 3 is 2.76 bits per heavy atom. The van der Waals surface area contributed by atoms with E-state index in [1.165, 1.54) is 5.56 Å². The van der Waals surface area contributed by atoms with Crippen molar-refractivity contribution in [2.75, 3.05) is 5.32 Å². The molecule has 1 aromatic heterocycles. The summed E-state index contributed by atoms with van der Waals surface area (Å²) in [5.41, 5.74) is 1.37. The van der Waals surface area contributed by atoms with Crippen LogP contribution < -0.4 is 5.32 Å². The van der Waals surface area contributed by atoms with E-state index in [2.05, 4.69) is 34.6 Å². The predicted octanol–water partition coefficient (Wildman–Crippen LogP) is 3.91. The molecule has 1 aliphatic carbocycles. The molecule has 104 valence electrons. The Labute approximate surface area is 123 Å². The highest BCUT2D eigenvalue weighted by Crippen LogP contribution is 2.43. The summed E-state index contributed by atoms with van der Waals surface area (Å²) in [6, 6.07) is 18.3. The van der Waals surface area contributed by atoms with Crippen LogP contribution in [0.2, 0.25) is 0 Å². The number of aromatic nitrogens is 1. The molecule has 0 amide bonds. The molecule has 3 aromatic rings. The first-order valence-corrected chi connectivity index (χ1v) is 7.20. The highest BCUT2D eigenvalue weighted by molar-refractivity contribution is 5.92. The summed E-state index contributed by atoms with van der Waals surface area (Å²) in [7, 11) is 0. The van der Waals surface area contributed by atoms with Crippen molar-refractivity contribution in [2.45, 2.75) is 18.4 Å². The first-order chi connectivity index (χ1) is 10.3. The fourth-order valence-corrected chi connectivity index (χ4v) is 2.87. The molecule has 0 spiro atoms. The lowest BCUT2D eigenvalue weighted by atomic mass is 10.1. The maximum Gasteiger partial charge on any atom is 0.134 e. The van der Waals surface area contributed by atoms with Crippen molar-refractivity contribution in [1.29, 1.82) is 0 Å². The van der Waals surface area contributed by atoms with Crippen LogP contribution in [0.3, 0.4) is 0 Å². The van der Waals surface area contributed by atoms with Crippen LogP contribution >= 0.6 is 0 Å². The average molecular weight is 276 g/mol. The van der Waals surface area contributed by atoms with Gasteiger partial charge in [0.2, 0.25) is 0 Å². The third-order valence-corrected chi connectivity index (χ3v) is 4.09. The third-order valence-electron chi connectivity index (χ3n) is 4.09. The van der Waals surface area contributed by atoms with Gasteiger partial charge in [0.25, 0.3) is 0 Å². The van der Waals surface area contributed by atoms with Crippen LogP contribution in [-0.2, 0) is 0 Å². The van der Waals surface area contributed by atoms with Crippen LogP contribution in [0.1, 0.15) is 17.9 Å². The number of phenols is 1. The lowest BCUT2D eigenvalue weighted by Crippen LogP contribution is -2.06. The number of nitrogens with zero attached hydrogens (tertiary/aromatic N) is 1. The molecule has 3 heteroatoms. The van der Waals surface area contributed by atoms with Gasteiger partial charge in [-0.25, -0.2) is 4.98 Å². The van der Waals surface area contributed by atoms with E-state index in [9.17, 15) is 5.11 Å². The molecule has 0 saturated heterocycles. The molecule has 1 heterocycles. The Bertz CT molecular complexity index is 786. The zero-order valence-corrected chi connectivity index (χ0v) is 11.5. The Hall–Kier alpha value is -2.55. The first-order valence-electron chi connectivity index (χ1n) is 7.20. The van der Waals surface area contributed by atoms with Crippen molar-refractivity contribution in [3.8, 4) is 5.75 Å². The van der Waals surface area contributed by atoms with E-state index in [4.69, 9.17) is 0 Å². The van der Waals surface area contributed by atoms with Gasteiger partial charge in [0.05, 0.1) is 0 Å². The van der Waals surface area contributed by atoms with Gasteiger partial charge in [-0.2, -0.15) is 0 Å². The summed E-state index contributed by atoms with van der Waals surface area (Å²) in [4.78, 5) is 4.43. The van der Waals surface area contributed by atoms with Gasteiger partial charge in [-0.15, -0.1) is 0 Å². The monoisotopic (exact) mass is 276 g/mol. The quantitative estimate of drug-likeness (QED) is 0.762.